The quantitative estimate of drug-likeness (QED) is 0.630. The van der Waals surface area contributed by atoms with Gasteiger partial charge in [-0.1, -0.05) is 18.2 Å². The fourth-order valence-electron chi connectivity index (χ4n) is 3.59. The molecule has 0 atom stereocenters. The molecule has 2 aromatic heterocycles. The molecule has 4 rings (SSSR count). The Bertz CT molecular complexity index is 1030. The second-order valence-electron chi connectivity index (χ2n) is 7.65. The van der Waals surface area contributed by atoms with Crippen molar-refractivity contribution in [2.45, 2.75) is 19.4 Å². The topological polar surface area (TPSA) is 74.5 Å². The summed E-state index contributed by atoms with van der Waals surface area (Å²) in [6.45, 7) is 4.24. The van der Waals surface area contributed by atoms with Gasteiger partial charge in [-0.05, 0) is 25.2 Å². The molecule has 0 unspecified atom stereocenters. The van der Waals surface area contributed by atoms with Gasteiger partial charge in [0.2, 0.25) is 5.91 Å². The highest BCUT2D eigenvalue weighted by atomic mass is 19.1. The van der Waals surface area contributed by atoms with Crippen LogP contribution in [0.2, 0.25) is 0 Å². The van der Waals surface area contributed by atoms with E-state index in [1.807, 2.05) is 12.1 Å². The molecule has 31 heavy (non-hydrogen) atoms. The molecule has 1 N–H and O–H groups in total. The number of aromatic nitrogens is 2. The number of aryl methyl sites for hydroxylation is 1. The molecule has 3 heterocycles. The number of likely N-dealkylation sites (N-methyl/N-ethyl adjacent to an activating group) is 1. The van der Waals surface area contributed by atoms with Crippen LogP contribution in [0.1, 0.15) is 17.9 Å². The Kier molecular flexibility index (Phi) is 6.57. The van der Waals surface area contributed by atoms with E-state index in [9.17, 15) is 9.18 Å². The smallest absolute Gasteiger partial charge is 0.220 e. The van der Waals surface area contributed by atoms with Gasteiger partial charge in [0.05, 0.1) is 11.8 Å². The van der Waals surface area contributed by atoms with Crippen LogP contribution in [0, 0.1) is 5.82 Å². The van der Waals surface area contributed by atoms with Gasteiger partial charge < -0.3 is 19.5 Å². The number of nitrogens with zero attached hydrogens (tertiary/aromatic N) is 4. The summed E-state index contributed by atoms with van der Waals surface area (Å²) in [4.78, 5) is 25.6. The lowest BCUT2D eigenvalue weighted by molar-refractivity contribution is -0.121. The maximum absolute atomic E-state index is 13.9. The zero-order chi connectivity index (χ0) is 21.6. The van der Waals surface area contributed by atoms with Crippen molar-refractivity contribution in [2.75, 3.05) is 38.1 Å². The van der Waals surface area contributed by atoms with Gasteiger partial charge in [-0.3, -0.25) is 4.79 Å². The Balaban J connectivity index is 1.30. The van der Waals surface area contributed by atoms with E-state index in [2.05, 4.69) is 32.1 Å². The van der Waals surface area contributed by atoms with Crippen LogP contribution in [0.5, 0.6) is 0 Å². The van der Waals surface area contributed by atoms with E-state index >= 15 is 0 Å². The van der Waals surface area contributed by atoms with Crippen LogP contribution in [-0.4, -0.2) is 54.0 Å². The highest BCUT2D eigenvalue weighted by Gasteiger charge is 2.18. The Labute approximate surface area is 180 Å². The summed E-state index contributed by atoms with van der Waals surface area (Å²) in [7, 11) is 2.12. The number of oxazole rings is 1. The van der Waals surface area contributed by atoms with Crippen LogP contribution in [0.15, 0.2) is 53.2 Å². The van der Waals surface area contributed by atoms with Crippen LogP contribution in [-0.2, 0) is 17.8 Å². The highest BCUT2D eigenvalue weighted by molar-refractivity contribution is 5.76. The first-order valence-electron chi connectivity index (χ1n) is 10.4. The number of anilines is 1. The number of amides is 1. The summed E-state index contributed by atoms with van der Waals surface area (Å²) in [5.41, 5.74) is 1.36. The average Bonchev–Trinajstić information content (AvgIpc) is 3.26. The second kappa shape index (κ2) is 9.70. The molecule has 0 spiro atoms. The molecule has 7 nitrogen and oxygen atoms in total. The number of hydrogen-bond donors (Lipinski definition) is 1. The van der Waals surface area contributed by atoms with Crippen molar-refractivity contribution >= 4 is 11.7 Å². The number of rotatable bonds is 7. The number of halogens is 1. The normalized spacial score (nSPS) is 14.6. The van der Waals surface area contributed by atoms with Crippen molar-refractivity contribution in [1.29, 1.82) is 0 Å². The third-order valence-corrected chi connectivity index (χ3v) is 5.41. The molecule has 0 radical (unpaired) electrons. The summed E-state index contributed by atoms with van der Waals surface area (Å²) >= 11 is 0. The molecule has 8 heteroatoms. The molecule has 1 aliphatic heterocycles. The third kappa shape index (κ3) is 5.27. The summed E-state index contributed by atoms with van der Waals surface area (Å²) in [5.74, 6) is 1.24. The minimum absolute atomic E-state index is 0.0983. The number of hydrogen-bond acceptors (Lipinski definition) is 6. The molecule has 1 saturated heterocycles. The minimum Gasteiger partial charge on any atom is -0.441 e. The van der Waals surface area contributed by atoms with Gasteiger partial charge in [-0.2, -0.15) is 0 Å². The Morgan fingerprint density at radius 2 is 1.94 bits per heavy atom. The zero-order valence-electron chi connectivity index (χ0n) is 17.6. The van der Waals surface area contributed by atoms with E-state index in [-0.39, 0.29) is 18.1 Å². The zero-order valence-corrected chi connectivity index (χ0v) is 17.6. The van der Waals surface area contributed by atoms with Gasteiger partial charge in [0.1, 0.15) is 11.6 Å². The van der Waals surface area contributed by atoms with Crippen molar-refractivity contribution in [3.05, 3.63) is 66.1 Å². The Morgan fingerprint density at radius 1 is 1.13 bits per heavy atom. The van der Waals surface area contributed by atoms with Gasteiger partial charge in [0.15, 0.2) is 11.7 Å². The van der Waals surface area contributed by atoms with E-state index in [0.29, 0.717) is 30.2 Å². The van der Waals surface area contributed by atoms with E-state index in [4.69, 9.17) is 4.42 Å². The highest BCUT2D eigenvalue weighted by Crippen LogP contribution is 2.23. The predicted octanol–water partition coefficient (Wildman–Crippen LogP) is 2.88. The summed E-state index contributed by atoms with van der Waals surface area (Å²) in [6, 6.07) is 10.3. The monoisotopic (exact) mass is 423 g/mol. The minimum atomic E-state index is -0.365. The molecule has 1 aromatic carbocycles. The third-order valence-electron chi connectivity index (χ3n) is 5.41. The molecule has 1 amide bonds. The standard InChI is InChI=1S/C23H26FN5O2/c1-28-11-13-29(14-12-28)23-17(5-4-10-25-23)15-26-21(30)8-9-22-27-16-20(31-22)18-6-2-3-7-19(18)24/h2-7,10,16H,8-9,11-15H2,1H3,(H,26,30). The fourth-order valence-corrected chi connectivity index (χ4v) is 3.59. The molecule has 162 valence electrons. The number of benzene rings is 1. The first-order chi connectivity index (χ1) is 15.1. The van der Waals surface area contributed by atoms with Gasteiger partial charge in [-0.15, -0.1) is 0 Å². The molecule has 1 aliphatic rings. The maximum atomic E-state index is 13.9. The molecular weight excluding hydrogens is 397 g/mol. The van der Waals surface area contributed by atoms with Crippen molar-refractivity contribution in [1.82, 2.24) is 20.2 Å². The van der Waals surface area contributed by atoms with Gasteiger partial charge in [0.25, 0.3) is 0 Å². The molecule has 0 aliphatic carbocycles. The Morgan fingerprint density at radius 3 is 2.74 bits per heavy atom. The predicted molar refractivity (Wildman–Crippen MR) is 116 cm³/mol. The first-order valence-corrected chi connectivity index (χ1v) is 10.4. The van der Waals surface area contributed by atoms with Crippen LogP contribution < -0.4 is 10.2 Å². The number of carbonyl (C=O) groups excluding carboxylic acids is 1. The van der Waals surface area contributed by atoms with E-state index in [1.165, 1.54) is 12.3 Å². The molecule has 1 fully saturated rings. The average molecular weight is 423 g/mol. The maximum Gasteiger partial charge on any atom is 0.220 e. The lowest BCUT2D eigenvalue weighted by atomic mass is 10.2. The fraction of sp³-hybridized carbons (Fsp3) is 0.348. The van der Waals surface area contributed by atoms with Crippen molar-refractivity contribution in [2.24, 2.45) is 0 Å². The van der Waals surface area contributed by atoms with Crippen LogP contribution in [0.4, 0.5) is 10.2 Å². The molecule has 3 aromatic rings. The van der Waals surface area contributed by atoms with Crippen molar-refractivity contribution in [3.8, 4) is 11.3 Å². The lowest BCUT2D eigenvalue weighted by Crippen LogP contribution is -2.45. The van der Waals surface area contributed by atoms with Crippen molar-refractivity contribution < 1.29 is 13.6 Å². The summed E-state index contributed by atoms with van der Waals surface area (Å²) in [6.07, 6.45) is 3.86. The lowest BCUT2D eigenvalue weighted by Gasteiger charge is -2.34. The SMILES string of the molecule is CN1CCN(c2ncccc2CNC(=O)CCc2ncc(-c3ccccc3F)o2)CC1. The molecule has 0 saturated carbocycles. The summed E-state index contributed by atoms with van der Waals surface area (Å²) in [5, 5.41) is 2.96. The van der Waals surface area contributed by atoms with E-state index < -0.39 is 0 Å². The van der Waals surface area contributed by atoms with Crippen LogP contribution in [0.3, 0.4) is 0 Å². The molecule has 0 bridgehead atoms. The van der Waals surface area contributed by atoms with Gasteiger partial charge >= 0.3 is 0 Å². The van der Waals surface area contributed by atoms with Crippen LogP contribution >= 0.6 is 0 Å². The largest absolute Gasteiger partial charge is 0.441 e. The molecular formula is C23H26FN5O2. The number of pyridine rings is 1. The van der Waals surface area contributed by atoms with Gasteiger partial charge in [0, 0.05) is 57.3 Å². The van der Waals surface area contributed by atoms with Gasteiger partial charge in [-0.25, -0.2) is 14.4 Å². The Hall–Kier alpha value is -3.26. The summed E-state index contributed by atoms with van der Waals surface area (Å²) < 4.78 is 19.5. The van der Waals surface area contributed by atoms with E-state index in [1.54, 1.807) is 24.4 Å². The first kappa shape index (κ1) is 21.0. The van der Waals surface area contributed by atoms with Crippen LogP contribution in [0.25, 0.3) is 11.3 Å². The number of piperazine rings is 1. The number of carbonyl (C=O) groups is 1. The van der Waals surface area contributed by atoms with E-state index in [0.717, 1.165) is 37.6 Å². The number of nitrogens with one attached hydrogen (secondary N) is 1. The second-order valence-corrected chi connectivity index (χ2v) is 7.65. The van der Waals surface area contributed by atoms with Crippen molar-refractivity contribution in [3.63, 3.8) is 0 Å².